The van der Waals surface area contributed by atoms with Gasteiger partial charge in [0.2, 0.25) is 0 Å². The molecule has 1 aliphatic heterocycles. The van der Waals surface area contributed by atoms with Crippen LogP contribution >= 0.6 is 0 Å². The molecule has 0 saturated carbocycles. The van der Waals surface area contributed by atoms with Crippen LogP contribution in [0.3, 0.4) is 0 Å². The summed E-state index contributed by atoms with van der Waals surface area (Å²) in [5.41, 5.74) is 1.10. The SMILES string of the molecule is C=C.CC1=NOC(C)C1. The lowest BCUT2D eigenvalue weighted by atomic mass is 10.2. The topological polar surface area (TPSA) is 21.6 Å². The summed E-state index contributed by atoms with van der Waals surface area (Å²) in [6.07, 6.45) is 1.32. The minimum Gasteiger partial charge on any atom is -0.392 e. The molecule has 1 unspecified atom stereocenters. The molecule has 0 aromatic carbocycles. The van der Waals surface area contributed by atoms with Crippen molar-refractivity contribution < 1.29 is 4.84 Å². The first-order valence-electron chi connectivity index (χ1n) is 2.98. The molecule has 0 N–H and O–H groups in total. The Bertz CT molecular complexity index is 109. The van der Waals surface area contributed by atoms with Crippen LogP contribution in [0.4, 0.5) is 0 Å². The van der Waals surface area contributed by atoms with Gasteiger partial charge in [0.1, 0.15) is 6.10 Å². The smallest absolute Gasteiger partial charge is 0.130 e. The molecule has 0 bridgehead atoms. The highest BCUT2D eigenvalue weighted by atomic mass is 16.6. The molecule has 52 valence electrons. The zero-order valence-electron chi connectivity index (χ0n) is 6.05. The standard InChI is InChI=1S/C5H9NO.C2H4/c1-4-3-5(2)7-6-4;1-2/h5H,3H2,1-2H3;1-2H2. The van der Waals surface area contributed by atoms with Gasteiger partial charge in [0.25, 0.3) is 0 Å². The lowest BCUT2D eigenvalue weighted by Crippen LogP contribution is -1.97. The van der Waals surface area contributed by atoms with E-state index in [1.54, 1.807) is 0 Å². The summed E-state index contributed by atoms with van der Waals surface area (Å²) in [6.45, 7) is 9.99. The fourth-order valence-electron chi connectivity index (χ4n) is 0.670. The van der Waals surface area contributed by atoms with Crippen LogP contribution in [0.1, 0.15) is 20.3 Å². The van der Waals surface area contributed by atoms with Gasteiger partial charge >= 0.3 is 0 Å². The molecule has 1 aliphatic rings. The summed E-state index contributed by atoms with van der Waals surface area (Å²) in [7, 11) is 0. The third-order valence-corrected chi connectivity index (χ3v) is 0.971. The Kier molecular flexibility index (Phi) is 3.76. The fraction of sp³-hybridized carbons (Fsp3) is 0.571. The fourth-order valence-corrected chi connectivity index (χ4v) is 0.670. The number of nitrogens with zero attached hydrogens (tertiary/aromatic N) is 1. The molecular weight excluding hydrogens is 114 g/mol. The molecule has 1 atom stereocenters. The molecule has 1 heterocycles. The van der Waals surface area contributed by atoms with Crippen LogP contribution in [0.2, 0.25) is 0 Å². The van der Waals surface area contributed by atoms with Crippen LogP contribution in [0.5, 0.6) is 0 Å². The maximum Gasteiger partial charge on any atom is 0.130 e. The minimum atomic E-state index is 0.319. The van der Waals surface area contributed by atoms with E-state index in [4.69, 9.17) is 4.84 Å². The van der Waals surface area contributed by atoms with Gasteiger partial charge in [-0.25, -0.2) is 0 Å². The molecule has 0 fully saturated rings. The Morgan fingerprint density at radius 2 is 2.22 bits per heavy atom. The summed E-state index contributed by atoms with van der Waals surface area (Å²) < 4.78 is 0. The number of oxime groups is 1. The van der Waals surface area contributed by atoms with Gasteiger partial charge in [-0.1, -0.05) is 5.16 Å². The van der Waals surface area contributed by atoms with Crippen molar-refractivity contribution in [2.45, 2.75) is 26.4 Å². The summed E-state index contributed by atoms with van der Waals surface area (Å²) in [6, 6.07) is 0. The second-order valence-corrected chi connectivity index (χ2v) is 1.95. The van der Waals surface area contributed by atoms with Gasteiger partial charge in [-0.15, -0.1) is 13.2 Å². The van der Waals surface area contributed by atoms with E-state index in [-0.39, 0.29) is 0 Å². The van der Waals surface area contributed by atoms with E-state index >= 15 is 0 Å². The molecule has 0 saturated heterocycles. The van der Waals surface area contributed by atoms with Crippen molar-refractivity contribution in [1.82, 2.24) is 0 Å². The van der Waals surface area contributed by atoms with Gasteiger partial charge in [-0.2, -0.15) is 0 Å². The molecule has 2 heteroatoms. The zero-order chi connectivity index (χ0) is 7.28. The maximum atomic E-state index is 4.85. The third-order valence-electron chi connectivity index (χ3n) is 0.971. The minimum absolute atomic E-state index is 0.319. The van der Waals surface area contributed by atoms with Gasteiger partial charge < -0.3 is 4.84 Å². The lowest BCUT2D eigenvalue weighted by Gasteiger charge is -1.93. The van der Waals surface area contributed by atoms with Gasteiger partial charge in [-0.05, 0) is 13.8 Å². The molecule has 0 amide bonds. The molecule has 1 rings (SSSR count). The van der Waals surface area contributed by atoms with Crippen molar-refractivity contribution in [2.24, 2.45) is 5.16 Å². The molecule has 0 aromatic rings. The molecule has 0 aliphatic carbocycles. The average Bonchev–Trinajstić information content (AvgIpc) is 2.20. The van der Waals surface area contributed by atoms with E-state index in [0.29, 0.717) is 6.10 Å². The van der Waals surface area contributed by atoms with E-state index < -0.39 is 0 Å². The summed E-state index contributed by atoms with van der Waals surface area (Å²) in [5.74, 6) is 0. The molecular formula is C7H13NO. The van der Waals surface area contributed by atoms with Crippen molar-refractivity contribution >= 4 is 5.71 Å². The largest absolute Gasteiger partial charge is 0.392 e. The first kappa shape index (κ1) is 8.21. The summed E-state index contributed by atoms with van der Waals surface area (Å²) in [5, 5.41) is 3.73. The van der Waals surface area contributed by atoms with E-state index in [2.05, 4.69) is 18.3 Å². The summed E-state index contributed by atoms with van der Waals surface area (Å²) in [4.78, 5) is 4.85. The van der Waals surface area contributed by atoms with Crippen molar-refractivity contribution in [2.75, 3.05) is 0 Å². The van der Waals surface area contributed by atoms with Gasteiger partial charge in [0.05, 0.1) is 5.71 Å². The van der Waals surface area contributed by atoms with E-state index in [0.717, 1.165) is 12.1 Å². The van der Waals surface area contributed by atoms with Crippen LogP contribution in [0.25, 0.3) is 0 Å². The lowest BCUT2D eigenvalue weighted by molar-refractivity contribution is 0.0995. The van der Waals surface area contributed by atoms with Crippen molar-refractivity contribution in [3.63, 3.8) is 0 Å². The van der Waals surface area contributed by atoms with Gasteiger partial charge in [-0.3, -0.25) is 0 Å². The van der Waals surface area contributed by atoms with Crippen molar-refractivity contribution in [3.8, 4) is 0 Å². The summed E-state index contributed by atoms with van der Waals surface area (Å²) >= 11 is 0. The molecule has 9 heavy (non-hydrogen) atoms. The van der Waals surface area contributed by atoms with E-state index in [1.807, 2.05) is 13.8 Å². The third kappa shape index (κ3) is 2.90. The molecule has 0 aromatic heterocycles. The van der Waals surface area contributed by atoms with Gasteiger partial charge in [0.15, 0.2) is 0 Å². The average molecular weight is 127 g/mol. The predicted molar refractivity (Wildman–Crippen MR) is 39.5 cm³/mol. The molecule has 2 nitrogen and oxygen atoms in total. The monoisotopic (exact) mass is 127 g/mol. The second kappa shape index (κ2) is 4.13. The van der Waals surface area contributed by atoms with E-state index in [9.17, 15) is 0 Å². The first-order valence-corrected chi connectivity index (χ1v) is 2.98. The van der Waals surface area contributed by atoms with Crippen LogP contribution in [0, 0.1) is 0 Å². The highest BCUT2D eigenvalue weighted by molar-refractivity contribution is 5.82. The van der Waals surface area contributed by atoms with Crippen LogP contribution in [0.15, 0.2) is 18.3 Å². The number of hydrogen-bond donors (Lipinski definition) is 0. The Labute approximate surface area is 56.2 Å². The number of rotatable bonds is 0. The van der Waals surface area contributed by atoms with E-state index in [1.165, 1.54) is 0 Å². The van der Waals surface area contributed by atoms with Crippen molar-refractivity contribution in [1.29, 1.82) is 0 Å². The molecule has 0 spiro atoms. The van der Waals surface area contributed by atoms with Crippen molar-refractivity contribution in [3.05, 3.63) is 13.2 Å². The van der Waals surface area contributed by atoms with Crippen LogP contribution in [-0.4, -0.2) is 11.8 Å². The second-order valence-electron chi connectivity index (χ2n) is 1.95. The first-order chi connectivity index (χ1) is 4.29. The van der Waals surface area contributed by atoms with Gasteiger partial charge in [0, 0.05) is 6.42 Å². The Morgan fingerprint density at radius 3 is 2.33 bits per heavy atom. The highest BCUT2D eigenvalue weighted by Gasteiger charge is 2.10. The van der Waals surface area contributed by atoms with Crippen LogP contribution < -0.4 is 0 Å². The normalized spacial score (nSPS) is 23.3. The predicted octanol–water partition coefficient (Wildman–Crippen LogP) is 1.97. The zero-order valence-corrected chi connectivity index (χ0v) is 6.05. The Hall–Kier alpha value is -0.790. The Balaban J connectivity index is 0.000000291. The number of hydrogen-bond acceptors (Lipinski definition) is 2. The van der Waals surface area contributed by atoms with Crippen LogP contribution in [-0.2, 0) is 4.84 Å². The maximum absolute atomic E-state index is 4.85. The molecule has 0 radical (unpaired) electrons. The quantitative estimate of drug-likeness (QED) is 0.456. The Morgan fingerprint density at radius 1 is 1.67 bits per heavy atom. The highest BCUT2D eigenvalue weighted by Crippen LogP contribution is 2.07.